The highest BCUT2D eigenvalue weighted by molar-refractivity contribution is 5.85. The van der Waals surface area contributed by atoms with Gasteiger partial charge in [0.2, 0.25) is 11.8 Å². The first-order chi connectivity index (χ1) is 15.4. The quantitative estimate of drug-likeness (QED) is 0.602. The number of ether oxygens (including phenoxy) is 2. The third-order valence-electron chi connectivity index (χ3n) is 4.61. The number of alkyl carbamates (subject to hydrolysis) is 1. The largest absolute Gasteiger partial charge is 0.457 e. The summed E-state index contributed by atoms with van der Waals surface area (Å²) >= 11 is 0. The molecule has 0 saturated carbocycles. The molecule has 0 aliphatic heterocycles. The van der Waals surface area contributed by atoms with E-state index in [1.54, 1.807) is 47.0 Å². The zero-order valence-corrected chi connectivity index (χ0v) is 19.9. The number of primary amides is 1. The molecular weight excluding hydrogens is 422 g/mol. The Morgan fingerprint density at radius 3 is 1.91 bits per heavy atom. The van der Waals surface area contributed by atoms with Crippen molar-refractivity contribution in [1.82, 2.24) is 10.2 Å². The van der Waals surface area contributed by atoms with Crippen LogP contribution in [0.5, 0.6) is 11.5 Å². The summed E-state index contributed by atoms with van der Waals surface area (Å²) < 4.78 is 11.2. The fourth-order valence-corrected chi connectivity index (χ4v) is 3.02. The van der Waals surface area contributed by atoms with Crippen molar-refractivity contribution >= 4 is 17.9 Å². The number of benzene rings is 2. The van der Waals surface area contributed by atoms with Gasteiger partial charge < -0.3 is 25.4 Å². The molecule has 8 heteroatoms. The third kappa shape index (κ3) is 9.22. The van der Waals surface area contributed by atoms with Gasteiger partial charge in [-0.05, 0) is 62.6 Å². The third-order valence-corrected chi connectivity index (χ3v) is 4.61. The zero-order chi connectivity index (χ0) is 24.6. The summed E-state index contributed by atoms with van der Waals surface area (Å²) in [6.45, 7) is 5.30. The van der Waals surface area contributed by atoms with Gasteiger partial charge in [-0.15, -0.1) is 0 Å². The van der Waals surface area contributed by atoms with Crippen molar-refractivity contribution < 1.29 is 23.9 Å². The van der Waals surface area contributed by atoms with Crippen LogP contribution in [-0.2, 0) is 27.2 Å². The molecule has 2 aromatic rings. The van der Waals surface area contributed by atoms with Gasteiger partial charge in [0.25, 0.3) is 0 Å². The number of carbonyl (C=O) groups excluding carboxylic acids is 3. The van der Waals surface area contributed by atoms with E-state index in [0.29, 0.717) is 30.8 Å². The summed E-state index contributed by atoms with van der Waals surface area (Å²) in [7, 11) is 3.28. The number of amides is 3. The van der Waals surface area contributed by atoms with Crippen LogP contribution in [0.25, 0.3) is 0 Å². The van der Waals surface area contributed by atoms with Crippen LogP contribution in [0, 0.1) is 0 Å². The van der Waals surface area contributed by atoms with E-state index in [2.05, 4.69) is 5.32 Å². The smallest absolute Gasteiger partial charge is 0.408 e. The Morgan fingerprint density at radius 1 is 0.939 bits per heavy atom. The first kappa shape index (κ1) is 25.7. The molecule has 0 fully saturated rings. The molecule has 0 aliphatic rings. The lowest BCUT2D eigenvalue weighted by Crippen LogP contribution is -2.48. The Kier molecular flexibility index (Phi) is 8.85. The molecule has 33 heavy (non-hydrogen) atoms. The number of nitrogens with one attached hydrogen (secondary N) is 1. The highest BCUT2D eigenvalue weighted by Gasteiger charge is 2.25. The van der Waals surface area contributed by atoms with Crippen molar-refractivity contribution in [2.75, 3.05) is 14.1 Å². The second kappa shape index (κ2) is 11.4. The predicted octanol–water partition coefficient (Wildman–Crippen LogP) is 3.42. The highest BCUT2D eigenvalue weighted by Crippen LogP contribution is 2.23. The van der Waals surface area contributed by atoms with Crippen molar-refractivity contribution in [3.8, 4) is 11.5 Å². The van der Waals surface area contributed by atoms with Crippen LogP contribution in [0.3, 0.4) is 0 Å². The maximum absolute atomic E-state index is 12.6. The van der Waals surface area contributed by atoms with E-state index < -0.39 is 17.7 Å². The number of likely N-dealkylation sites (N-methyl/N-ethyl adjacent to an activating group) is 1. The molecule has 0 aromatic heterocycles. The fraction of sp³-hybridized carbons (Fsp3) is 0.400. The number of nitrogens with two attached hydrogens (primary N) is 1. The van der Waals surface area contributed by atoms with Crippen molar-refractivity contribution in [1.29, 1.82) is 0 Å². The van der Waals surface area contributed by atoms with Crippen molar-refractivity contribution in [2.24, 2.45) is 5.73 Å². The van der Waals surface area contributed by atoms with E-state index in [-0.39, 0.29) is 11.8 Å². The minimum Gasteiger partial charge on any atom is -0.457 e. The second-order valence-electron chi connectivity index (χ2n) is 8.99. The van der Waals surface area contributed by atoms with Crippen molar-refractivity contribution in [3.05, 3.63) is 59.7 Å². The summed E-state index contributed by atoms with van der Waals surface area (Å²) in [5, 5.41) is 2.67. The zero-order valence-electron chi connectivity index (χ0n) is 19.9. The fourth-order valence-electron chi connectivity index (χ4n) is 3.02. The van der Waals surface area contributed by atoms with Gasteiger partial charge in [0.1, 0.15) is 23.1 Å². The Labute approximate surface area is 195 Å². The van der Waals surface area contributed by atoms with Gasteiger partial charge in [-0.2, -0.15) is 0 Å². The summed E-state index contributed by atoms with van der Waals surface area (Å²) in [6.07, 6.45) is 0.573. The summed E-state index contributed by atoms with van der Waals surface area (Å²) in [4.78, 5) is 37.1. The molecule has 0 bridgehead atoms. The molecule has 3 amide bonds. The normalized spacial score (nSPS) is 11.9. The molecule has 0 saturated heterocycles. The maximum atomic E-state index is 12.6. The minimum absolute atomic E-state index is 0.224. The molecule has 8 nitrogen and oxygen atoms in total. The van der Waals surface area contributed by atoms with Crippen LogP contribution in [0.2, 0.25) is 0 Å². The van der Waals surface area contributed by atoms with E-state index in [1.165, 1.54) is 4.90 Å². The average molecular weight is 456 g/mol. The topological polar surface area (TPSA) is 111 Å². The van der Waals surface area contributed by atoms with Gasteiger partial charge in [-0.25, -0.2) is 4.79 Å². The monoisotopic (exact) mass is 455 g/mol. The lowest BCUT2D eigenvalue weighted by Gasteiger charge is -2.25. The molecule has 0 spiro atoms. The van der Waals surface area contributed by atoms with Gasteiger partial charge in [-0.3, -0.25) is 9.59 Å². The van der Waals surface area contributed by atoms with E-state index in [1.807, 2.05) is 36.4 Å². The van der Waals surface area contributed by atoms with Gasteiger partial charge in [0, 0.05) is 26.9 Å². The molecule has 0 radical (unpaired) electrons. The molecule has 0 heterocycles. The molecule has 1 unspecified atom stereocenters. The van der Waals surface area contributed by atoms with E-state index in [9.17, 15) is 14.4 Å². The van der Waals surface area contributed by atoms with E-state index in [4.69, 9.17) is 15.2 Å². The number of rotatable bonds is 9. The Bertz CT molecular complexity index is 948. The average Bonchev–Trinajstić information content (AvgIpc) is 2.72. The highest BCUT2D eigenvalue weighted by atomic mass is 16.6. The standard InChI is InChI=1S/C25H33N3O5/c1-25(2,3)33-24(31)27-21(23(30)28(4)5)16-18-8-13-20(14-9-18)32-19-11-6-17(7-12-19)10-15-22(26)29/h6-9,11-14,21H,10,15-16H2,1-5H3,(H2,26,29)(H,27,31). The lowest BCUT2D eigenvalue weighted by atomic mass is 10.0. The maximum Gasteiger partial charge on any atom is 0.408 e. The number of carbonyl (C=O) groups is 3. The number of hydrogen-bond donors (Lipinski definition) is 2. The molecule has 0 aliphatic carbocycles. The van der Waals surface area contributed by atoms with Crippen LogP contribution in [0.4, 0.5) is 4.79 Å². The van der Waals surface area contributed by atoms with Gasteiger partial charge >= 0.3 is 6.09 Å². The molecule has 178 valence electrons. The Hall–Kier alpha value is -3.55. The Balaban J connectivity index is 2.01. The van der Waals surface area contributed by atoms with E-state index >= 15 is 0 Å². The lowest BCUT2D eigenvalue weighted by molar-refractivity contribution is -0.130. The Morgan fingerprint density at radius 2 is 1.45 bits per heavy atom. The van der Waals surface area contributed by atoms with Gasteiger partial charge in [0.15, 0.2) is 0 Å². The molecule has 3 N–H and O–H groups in total. The first-order valence-corrected chi connectivity index (χ1v) is 10.8. The van der Waals surface area contributed by atoms with Gasteiger partial charge in [0.05, 0.1) is 0 Å². The van der Waals surface area contributed by atoms with Crippen molar-refractivity contribution in [3.63, 3.8) is 0 Å². The van der Waals surface area contributed by atoms with Crippen LogP contribution in [-0.4, -0.2) is 48.5 Å². The first-order valence-electron chi connectivity index (χ1n) is 10.8. The minimum atomic E-state index is -0.755. The van der Waals surface area contributed by atoms with Crippen LogP contribution in [0.1, 0.15) is 38.3 Å². The summed E-state index contributed by atoms with van der Waals surface area (Å²) in [5.74, 6) is 0.751. The number of hydrogen-bond acceptors (Lipinski definition) is 5. The summed E-state index contributed by atoms with van der Waals surface area (Å²) in [6, 6.07) is 14.0. The van der Waals surface area contributed by atoms with Crippen LogP contribution >= 0.6 is 0 Å². The SMILES string of the molecule is CN(C)C(=O)C(Cc1ccc(Oc2ccc(CCC(N)=O)cc2)cc1)NC(=O)OC(C)(C)C. The molecule has 2 rings (SSSR count). The van der Waals surface area contributed by atoms with Crippen molar-refractivity contribution in [2.45, 2.75) is 51.7 Å². The van der Waals surface area contributed by atoms with Crippen LogP contribution in [0.15, 0.2) is 48.5 Å². The number of aryl methyl sites for hydroxylation is 1. The molecule has 1 atom stereocenters. The predicted molar refractivity (Wildman–Crippen MR) is 126 cm³/mol. The number of nitrogens with zero attached hydrogens (tertiary/aromatic N) is 1. The second-order valence-corrected chi connectivity index (χ2v) is 8.99. The van der Waals surface area contributed by atoms with Crippen LogP contribution < -0.4 is 15.8 Å². The molecular formula is C25H33N3O5. The van der Waals surface area contributed by atoms with Gasteiger partial charge in [-0.1, -0.05) is 24.3 Å². The summed E-state index contributed by atoms with van der Waals surface area (Å²) in [5.41, 5.74) is 6.39. The molecule has 2 aromatic carbocycles. The van der Waals surface area contributed by atoms with E-state index in [0.717, 1.165) is 11.1 Å².